The van der Waals surface area contributed by atoms with E-state index in [1.807, 2.05) is 13.8 Å². The van der Waals surface area contributed by atoms with Crippen LogP contribution in [0.4, 0.5) is 0 Å². The minimum atomic E-state index is -3.74. The van der Waals surface area contributed by atoms with Crippen LogP contribution in [-0.2, 0) is 19.5 Å². The van der Waals surface area contributed by atoms with Gasteiger partial charge in [-0.1, -0.05) is 6.07 Å². The van der Waals surface area contributed by atoms with Gasteiger partial charge in [0.15, 0.2) is 0 Å². The molecule has 168 valence electrons. The number of sulfonamides is 1. The fourth-order valence-corrected chi connectivity index (χ4v) is 4.95. The van der Waals surface area contributed by atoms with Crippen molar-refractivity contribution in [3.05, 3.63) is 54.1 Å². The Kier molecular flexibility index (Phi) is 7.53. The molecule has 0 aromatic heterocycles. The zero-order valence-electron chi connectivity index (χ0n) is 17.8. The maximum absolute atomic E-state index is 13.0. The Morgan fingerprint density at radius 2 is 1.68 bits per heavy atom. The van der Waals surface area contributed by atoms with Crippen molar-refractivity contribution in [2.24, 2.45) is 0 Å². The second kappa shape index (κ2) is 10.1. The normalized spacial score (nSPS) is 19.6. The summed E-state index contributed by atoms with van der Waals surface area (Å²) in [5.41, 5.74) is 0.167. The number of rotatable bonds is 8. The average molecular weight is 450 g/mol. The van der Waals surface area contributed by atoms with Gasteiger partial charge in [0.25, 0.3) is 0 Å². The number of carbonyl (C=O) groups is 1. The molecule has 2 aromatic rings. The molecule has 0 spiro atoms. The summed E-state index contributed by atoms with van der Waals surface area (Å²) in [5, 5.41) is 0. The van der Waals surface area contributed by atoms with E-state index < -0.39 is 16.0 Å². The lowest BCUT2D eigenvalue weighted by molar-refractivity contribution is -0.0440. The lowest BCUT2D eigenvalue weighted by Crippen LogP contribution is -2.48. The van der Waals surface area contributed by atoms with Crippen LogP contribution in [0.15, 0.2) is 53.4 Å². The molecule has 0 bridgehead atoms. The van der Waals surface area contributed by atoms with Crippen LogP contribution >= 0.6 is 0 Å². The van der Waals surface area contributed by atoms with E-state index in [1.165, 1.54) is 28.6 Å². The molecule has 1 heterocycles. The molecular formula is C22H27NO7S. The first-order valence-corrected chi connectivity index (χ1v) is 11.4. The topological polar surface area (TPSA) is 91.4 Å². The Morgan fingerprint density at radius 1 is 1.03 bits per heavy atom. The number of morpholine rings is 1. The molecule has 0 aliphatic carbocycles. The summed E-state index contributed by atoms with van der Waals surface area (Å²) in [7, 11) is -2.16. The quantitative estimate of drug-likeness (QED) is 0.452. The van der Waals surface area contributed by atoms with Crippen molar-refractivity contribution >= 4 is 16.0 Å². The molecule has 2 aromatic carbocycles. The van der Waals surface area contributed by atoms with Gasteiger partial charge in [0.1, 0.15) is 24.7 Å². The summed E-state index contributed by atoms with van der Waals surface area (Å²) < 4.78 is 48.8. The van der Waals surface area contributed by atoms with E-state index in [1.54, 1.807) is 31.4 Å². The number of hydrogen-bond donors (Lipinski definition) is 0. The Hall–Kier alpha value is -2.62. The van der Waals surface area contributed by atoms with Gasteiger partial charge >= 0.3 is 5.97 Å². The fourth-order valence-electron chi connectivity index (χ4n) is 3.31. The molecule has 0 saturated carbocycles. The van der Waals surface area contributed by atoms with Crippen molar-refractivity contribution in [1.82, 2.24) is 4.31 Å². The van der Waals surface area contributed by atoms with Gasteiger partial charge in [-0.25, -0.2) is 13.2 Å². The zero-order chi connectivity index (χ0) is 22.4. The maximum Gasteiger partial charge on any atom is 0.338 e. The van der Waals surface area contributed by atoms with Gasteiger partial charge in [-0.15, -0.1) is 0 Å². The smallest absolute Gasteiger partial charge is 0.338 e. The number of ether oxygens (including phenoxy) is 4. The van der Waals surface area contributed by atoms with Crippen molar-refractivity contribution in [1.29, 1.82) is 0 Å². The standard InChI is InChI=1S/C22H27NO7S/c1-16-14-23(15-17(2)30-16)31(25,26)21-6-4-5-18(13-21)22(24)29-12-11-28-20-9-7-19(27-3)8-10-20/h4-10,13,16-17H,11-12,14-15H2,1-3H3. The molecule has 3 rings (SSSR count). The van der Waals surface area contributed by atoms with Gasteiger partial charge < -0.3 is 18.9 Å². The van der Waals surface area contributed by atoms with Gasteiger partial charge in [-0.2, -0.15) is 4.31 Å². The van der Waals surface area contributed by atoms with Crippen LogP contribution in [0.25, 0.3) is 0 Å². The van der Waals surface area contributed by atoms with Crippen LogP contribution in [0.3, 0.4) is 0 Å². The van der Waals surface area contributed by atoms with Gasteiger partial charge in [-0.05, 0) is 56.3 Å². The predicted octanol–water partition coefficient (Wildman–Crippen LogP) is 2.73. The number of carbonyl (C=O) groups excluding carboxylic acids is 1. The number of hydrogen-bond acceptors (Lipinski definition) is 7. The number of esters is 1. The molecule has 2 unspecified atom stereocenters. The van der Waals surface area contributed by atoms with Crippen molar-refractivity contribution in [2.45, 2.75) is 31.0 Å². The van der Waals surface area contributed by atoms with Crippen LogP contribution in [0.1, 0.15) is 24.2 Å². The van der Waals surface area contributed by atoms with Gasteiger partial charge in [-0.3, -0.25) is 0 Å². The van der Waals surface area contributed by atoms with Crippen LogP contribution in [0.2, 0.25) is 0 Å². The van der Waals surface area contributed by atoms with E-state index in [0.29, 0.717) is 5.75 Å². The van der Waals surface area contributed by atoms with Crippen molar-refractivity contribution in [2.75, 3.05) is 33.4 Å². The minimum absolute atomic E-state index is 0.0281. The number of methoxy groups -OCH3 is 1. The molecule has 0 amide bonds. The molecule has 1 saturated heterocycles. The molecule has 8 nitrogen and oxygen atoms in total. The van der Waals surface area contributed by atoms with Crippen LogP contribution in [0.5, 0.6) is 11.5 Å². The summed E-state index contributed by atoms with van der Waals surface area (Å²) >= 11 is 0. The van der Waals surface area contributed by atoms with E-state index in [-0.39, 0.29) is 49.0 Å². The van der Waals surface area contributed by atoms with Crippen molar-refractivity contribution in [3.8, 4) is 11.5 Å². The highest BCUT2D eigenvalue weighted by Crippen LogP contribution is 2.22. The first kappa shape index (κ1) is 23.1. The van der Waals surface area contributed by atoms with Crippen LogP contribution < -0.4 is 9.47 Å². The maximum atomic E-state index is 13.0. The molecular weight excluding hydrogens is 422 g/mol. The van der Waals surface area contributed by atoms with E-state index in [9.17, 15) is 13.2 Å². The minimum Gasteiger partial charge on any atom is -0.497 e. The third-order valence-corrected chi connectivity index (χ3v) is 6.57. The van der Waals surface area contributed by atoms with Crippen molar-refractivity contribution < 1.29 is 32.2 Å². The summed E-state index contributed by atoms with van der Waals surface area (Å²) in [5.74, 6) is 0.729. The zero-order valence-corrected chi connectivity index (χ0v) is 18.6. The molecule has 0 radical (unpaired) electrons. The third-order valence-electron chi connectivity index (χ3n) is 4.74. The molecule has 2 atom stereocenters. The SMILES string of the molecule is COc1ccc(OCCOC(=O)c2cccc(S(=O)(=O)N3CC(C)OC(C)C3)c2)cc1. The third kappa shape index (κ3) is 5.96. The monoisotopic (exact) mass is 449 g/mol. The Morgan fingerprint density at radius 3 is 2.32 bits per heavy atom. The second-order valence-corrected chi connectivity index (χ2v) is 9.21. The average Bonchev–Trinajstić information content (AvgIpc) is 2.76. The van der Waals surface area contributed by atoms with E-state index in [2.05, 4.69) is 0 Å². The number of nitrogens with zero attached hydrogens (tertiary/aromatic N) is 1. The van der Waals surface area contributed by atoms with Crippen molar-refractivity contribution in [3.63, 3.8) is 0 Å². The predicted molar refractivity (Wildman–Crippen MR) is 114 cm³/mol. The molecule has 1 aliphatic heterocycles. The molecule has 1 fully saturated rings. The summed E-state index contributed by atoms with van der Waals surface area (Å²) in [4.78, 5) is 12.4. The Bertz CT molecular complexity index is 981. The summed E-state index contributed by atoms with van der Waals surface area (Å²) in [6.45, 7) is 4.40. The first-order valence-electron chi connectivity index (χ1n) is 9.99. The van der Waals surface area contributed by atoms with Crippen LogP contribution in [0, 0.1) is 0 Å². The van der Waals surface area contributed by atoms with Gasteiger partial charge in [0, 0.05) is 13.1 Å². The summed E-state index contributed by atoms with van der Waals surface area (Å²) in [6, 6.07) is 12.9. The highest BCUT2D eigenvalue weighted by Gasteiger charge is 2.32. The molecule has 31 heavy (non-hydrogen) atoms. The first-order chi connectivity index (χ1) is 14.8. The van der Waals surface area contributed by atoms with E-state index >= 15 is 0 Å². The lowest BCUT2D eigenvalue weighted by atomic mass is 10.2. The van der Waals surface area contributed by atoms with Gasteiger partial charge in [0.05, 0.1) is 29.8 Å². The highest BCUT2D eigenvalue weighted by molar-refractivity contribution is 7.89. The lowest BCUT2D eigenvalue weighted by Gasteiger charge is -2.34. The molecule has 0 N–H and O–H groups in total. The molecule has 9 heteroatoms. The molecule has 1 aliphatic rings. The van der Waals surface area contributed by atoms with E-state index in [4.69, 9.17) is 18.9 Å². The van der Waals surface area contributed by atoms with Crippen LogP contribution in [-0.4, -0.2) is 64.3 Å². The second-order valence-electron chi connectivity index (χ2n) is 7.27. The Balaban J connectivity index is 1.58. The highest BCUT2D eigenvalue weighted by atomic mass is 32.2. The Labute approximate surface area is 182 Å². The largest absolute Gasteiger partial charge is 0.497 e. The summed E-state index contributed by atoms with van der Waals surface area (Å²) in [6.07, 6.45) is -0.394. The fraction of sp³-hybridized carbons (Fsp3) is 0.409. The number of benzene rings is 2. The van der Waals surface area contributed by atoms with E-state index in [0.717, 1.165) is 5.75 Å². The van der Waals surface area contributed by atoms with Gasteiger partial charge in [0.2, 0.25) is 10.0 Å².